The Morgan fingerprint density at radius 1 is 1.29 bits per heavy atom. The van der Waals surface area contributed by atoms with Crippen LogP contribution in [0.5, 0.6) is 11.5 Å². The topological polar surface area (TPSA) is 42.2 Å². The summed E-state index contributed by atoms with van der Waals surface area (Å²) < 4.78 is 10.2. The van der Waals surface area contributed by atoms with Gasteiger partial charge in [0.15, 0.2) is 0 Å². The molecular formula is C10H11NO2S. The third-order valence-corrected chi connectivity index (χ3v) is 2.20. The minimum Gasteiger partial charge on any atom is -0.496 e. The van der Waals surface area contributed by atoms with Crippen molar-refractivity contribution >= 4 is 12.6 Å². The molecule has 14 heavy (non-hydrogen) atoms. The third kappa shape index (κ3) is 2.12. The number of thiol groups is 1. The van der Waals surface area contributed by atoms with Gasteiger partial charge in [0.25, 0.3) is 0 Å². The predicted molar refractivity (Wildman–Crippen MR) is 56.1 cm³/mol. The smallest absolute Gasteiger partial charge is 0.132 e. The minimum atomic E-state index is 0.299. The molecule has 0 radical (unpaired) electrons. The maximum Gasteiger partial charge on any atom is 0.132 e. The number of nitriles is 1. The molecule has 4 heteroatoms. The lowest BCUT2D eigenvalue weighted by molar-refractivity contribution is 0.391. The summed E-state index contributed by atoms with van der Waals surface area (Å²) in [4.78, 5) is 0.700. The number of ether oxygens (including phenoxy) is 2. The molecule has 1 aromatic rings. The van der Waals surface area contributed by atoms with Gasteiger partial charge in [-0.25, -0.2) is 0 Å². The van der Waals surface area contributed by atoms with Gasteiger partial charge in [0.05, 0.1) is 26.7 Å². The predicted octanol–water partition coefficient (Wildman–Crippen LogP) is 2.06. The molecule has 74 valence electrons. The van der Waals surface area contributed by atoms with E-state index in [4.69, 9.17) is 14.7 Å². The van der Waals surface area contributed by atoms with Gasteiger partial charge in [0.2, 0.25) is 0 Å². The molecule has 0 aliphatic heterocycles. The molecule has 0 spiro atoms. The first-order chi connectivity index (χ1) is 6.72. The van der Waals surface area contributed by atoms with Crippen LogP contribution in [-0.4, -0.2) is 14.2 Å². The molecule has 1 rings (SSSR count). The highest BCUT2D eigenvalue weighted by molar-refractivity contribution is 7.80. The Kier molecular flexibility index (Phi) is 3.66. The van der Waals surface area contributed by atoms with Crippen LogP contribution in [-0.2, 0) is 6.42 Å². The van der Waals surface area contributed by atoms with E-state index in [1.165, 1.54) is 0 Å². The zero-order chi connectivity index (χ0) is 10.6. The Morgan fingerprint density at radius 2 is 1.93 bits per heavy atom. The zero-order valence-electron chi connectivity index (χ0n) is 8.07. The second-order valence-corrected chi connectivity index (χ2v) is 3.15. The van der Waals surface area contributed by atoms with Crippen molar-refractivity contribution in [1.82, 2.24) is 0 Å². The summed E-state index contributed by atoms with van der Waals surface area (Å²) in [5.41, 5.74) is 0.810. The van der Waals surface area contributed by atoms with E-state index in [0.29, 0.717) is 22.8 Å². The molecular weight excluding hydrogens is 198 g/mol. The van der Waals surface area contributed by atoms with Gasteiger partial charge in [-0.2, -0.15) is 5.26 Å². The fraction of sp³-hybridized carbons (Fsp3) is 0.300. The monoisotopic (exact) mass is 209 g/mol. The maximum absolute atomic E-state index is 8.61. The summed E-state index contributed by atoms with van der Waals surface area (Å²) in [6, 6.07) is 5.58. The first kappa shape index (κ1) is 10.7. The molecule has 0 N–H and O–H groups in total. The maximum atomic E-state index is 8.61. The first-order valence-corrected chi connectivity index (χ1v) is 4.48. The molecule has 0 amide bonds. The van der Waals surface area contributed by atoms with Crippen molar-refractivity contribution in [1.29, 1.82) is 5.26 Å². The van der Waals surface area contributed by atoms with Gasteiger partial charge in [-0.3, -0.25) is 0 Å². The minimum absolute atomic E-state index is 0.299. The van der Waals surface area contributed by atoms with E-state index in [1.807, 2.05) is 0 Å². The lowest BCUT2D eigenvalue weighted by Crippen LogP contribution is -1.94. The van der Waals surface area contributed by atoms with Crippen LogP contribution >= 0.6 is 12.6 Å². The van der Waals surface area contributed by atoms with E-state index in [1.54, 1.807) is 26.4 Å². The van der Waals surface area contributed by atoms with Crippen molar-refractivity contribution in [3.05, 3.63) is 17.7 Å². The van der Waals surface area contributed by atoms with Gasteiger partial charge in [-0.15, -0.1) is 12.6 Å². The van der Waals surface area contributed by atoms with Gasteiger partial charge >= 0.3 is 0 Å². The van der Waals surface area contributed by atoms with Crippen molar-refractivity contribution < 1.29 is 9.47 Å². The van der Waals surface area contributed by atoms with Crippen molar-refractivity contribution in [2.45, 2.75) is 11.3 Å². The molecule has 0 fully saturated rings. The molecule has 1 aromatic carbocycles. The summed E-state index contributed by atoms with van der Waals surface area (Å²) in [6.07, 6.45) is 0.299. The fourth-order valence-corrected chi connectivity index (χ4v) is 1.44. The van der Waals surface area contributed by atoms with Gasteiger partial charge in [0, 0.05) is 10.5 Å². The van der Waals surface area contributed by atoms with E-state index < -0.39 is 0 Å². The fourth-order valence-electron chi connectivity index (χ4n) is 1.17. The Labute approximate surface area is 88.7 Å². The summed E-state index contributed by atoms with van der Waals surface area (Å²) in [7, 11) is 3.13. The molecule has 0 bridgehead atoms. The lowest BCUT2D eigenvalue weighted by atomic mass is 10.1. The van der Waals surface area contributed by atoms with E-state index in [9.17, 15) is 0 Å². The standard InChI is InChI=1S/C10H11NO2S/c1-12-8-6-10(14)9(13-2)5-7(8)3-4-11/h5-6,14H,3H2,1-2H3. The average Bonchev–Trinajstić information content (AvgIpc) is 2.20. The van der Waals surface area contributed by atoms with Crippen LogP contribution in [0.2, 0.25) is 0 Å². The second kappa shape index (κ2) is 4.77. The van der Waals surface area contributed by atoms with Crippen molar-refractivity contribution in [3.63, 3.8) is 0 Å². The highest BCUT2D eigenvalue weighted by Gasteiger charge is 2.08. The van der Waals surface area contributed by atoms with Crippen molar-refractivity contribution in [2.24, 2.45) is 0 Å². The van der Waals surface area contributed by atoms with Gasteiger partial charge in [-0.1, -0.05) is 0 Å². The summed E-state index contributed by atoms with van der Waals surface area (Å²) in [5.74, 6) is 1.32. The van der Waals surface area contributed by atoms with Crippen LogP contribution in [0.1, 0.15) is 5.56 Å². The Balaban J connectivity index is 3.19. The largest absolute Gasteiger partial charge is 0.496 e. The quantitative estimate of drug-likeness (QED) is 0.775. The molecule has 0 aromatic heterocycles. The number of benzene rings is 1. The van der Waals surface area contributed by atoms with Gasteiger partial charge in [-0.05, 0) is 12.1 Å². The average molecular weight is 209 g/mol. The molecule has 0 aliphatic rings. The lowest BCUT2D eigenvalue weighted by Gasteiger charge is -2.10. The molecule has 0 atom stereocenters. The normalized spacial score (nSPS) is 9.29. The number of nitrogens with zero attached hydrogens (tertiary/aromatic N) is 1. The highest BCUT2D eigenvalue weighted by atomic mass is 32.1. The number of rotatable bonds is 3. The van der Waals surface area contributed by atoms with Crippen molar-refractivity contribution in [2.75, 3.05) is 14.2 Å². The van der Waals surface area contributed by atoms with Crippen molar-refractivity contribution in [3.8, 4) is 17.6 Å². The van der Waals surface area contributed by atoms with Crippen LogP contribution in [0.3, 0.4) is 0 Å². The Bertz CT molecular complexity index is 371. The highest BCUT2D eigenvalue weighted by Crippen LogP contribution is 2.31. The molecule has 0 saturated carbocycles. The van der Waals surface area contributed by atoms with E-state index in [2.05, 4.69) is 18.7 Å². The van der Waals surface area contributed by atoms with Crippen LogP contribution in [0.25, 0.3) is 0 Å². The molecule has 0 unspecified atom stereocenters. The van der Waals surface area contributed by atoms with E-state index >= 15 is 0 Å². The SMILES string of the molecule is COc1cc(CC#N)c(OC)cc1S. The van der Waals surface area contributed by atoms with Crippen LogP contribution < -0.4 is 9.47 Å². The van der Waals surface area contributed by atoms with Gasteiger partial charge in [0.1, 0.15) is 11.5 Å². The number of hydrogen-bond acceptors (Lipinski definition) is 4. The molecule has 0 saturated heterocycles. The summed E-state index contributed by atoms with van der Waals surface area (Å²) in [6.45, 7) is 0. The zero-order valence-corrected chi connectivity index (χ0v) is 8.97. The van der Waals surface area contributed by atoms with E-state index in [0.717, 1.165) is 5.56 Å². The van der Waals surface area contributed by atoms with Gasteiger partial charge < -0.3 is 9.47 Å². The third-order valence-electron chi connectivity index (χ3n) is 1.85. The molecule has 0 heterocycles. The Morgan fingerprint density at radius 3 is 2.43 bits per heavy atom. The van der Waals surface area contributed by atoms with Crippen LogP contribution in [0.4, 0.5) is 0 Å². The number of methoxy groups -OCH3 is 2. The molecule has 0 aliphatic carbocycles. The van der Waals surface area contributed by atoms with Crippen LogP contribution in [0, 0.1) is 11.3 Å². The first-order valence-electron chi connectivity index (χ1n) is 4.03. The Hall–Kier alpha value is -1.34. The summed E-state index contributed by atoms with van der Waals surface area (Å²) in [5, 5.41) is 8.61. The summed E-state index contributed by atoms with van der Waals surface area (Å²) >= 11 is 4.23. The van der Waals surface area contributed by atoms with Crippen LogP contribution in [0.15, 0.2) is 17.0 Å². The van der Waals surface area contributed by atoms with E-state index in [-0.39, 0.29) is 0 Å². The molecule has 3 nitrogen and oxygen atoms in total. The number of hydrogen-bond donors (Lipinski definition) is 1. The second-order valence-electron chi connectivity index (χ2n) is 2.67.